The van der Waals surface area contributed by atoms with Gasteiger partial charge in [-0.25, -0.2) is 4.79 Å². The Balaban J connectivity index is 2.95. The molecule has 1 aromatic carbocycles. The Morgan fingerprint density at radius 2 is 2.31 bits per heavy atom. The van der Waals surface area contributed by atoms with Gasteiger partial charge in [0.15, 0.2) is 0 Å². The van der Waals surface area contributed by atoms with Crippen LogP contribution in [0.1, 0.15) is 17.3 Å². The molecule has 0 bridgehead atoms. The zero-order chi connectivity index (χ0) is 9.84. The van der Waals surface area contributed by atoms with E-state index in [-0.39, 0.29) is 5.97 Å². The van der Waals surface area contributed by atoms with Crippen molar-refractivity contribution in [1.29, 1.82) is 0 Å². The molecule has 1 rings (SSSR count). The van der Waals surface area contributed by atoms with Gasteiger partial charge in [-0.3, -0.25) is 0 Å². The molecule has 0 spiro atoms. The van der Waals surface area contributed by atoms with Crippen molar-refractivity contribution in [3.63, 3.8) is 0 Å². The van der Waals surface area contributed by atoms with Crippen LogP contribution >= 0.6 is 15.9 Å². The highest BCUT2D eigenvalue weighted by Crippen LogP contribution is 2.20. The van der Waals surface area contributed by atoms with Gasteiger partial charge in [0.1, 0.15) is 0 Å². The molecule has 0 aliphatic heterocycles. The van der Waals surface area contributed by atoms with Crippen molar-refractivity contribution in [3.05, 3.63) is 28.2 Å². The van der Waals surface area contributed by atoms with Crippen molar-refractivity contribution in [1.82, 2.24) is 0 Å². The number of nitrogen functional groups attached to an aromatic ring is 1. The van der Waals surface area contributed by atoms with E-state index in [1.54, 1.807) is 25.1 Å². The summed E-state index contributed by atoms with van der Waals surface area (Å²) in [6, 6.07) is 4.97. The van der Waals surface area contributed by atoms with Crippen LogP contribution in [0.2, 0.25) is 0 Å². The van der Waals surface area contributed by atoms with Crippen molar-refractivity contribution >= 4 is 27.6 Å². The summed E-state index contributed by atoms with van der Waals surface area (Å²) in [5, 5.41) is 0. The molecule has 1 aromatic rings. The van der Waals surface area contributed by atoms with E-state index in [1.807, 2.05) is 0 Å². The van der Waals surface area contributed by atoms with E-state index in [1.165, 1.54) is 0 Å². The molecule has 0 saturated heterocycles. The maximum Gasteiger partial charge on any atom is 0.339 e. The smallest absolute Gasteiger partial charge is 0.339 e. The predicted octanol–water partition coefficient (Wildman–Crippen LogP) is 2.21. The van der Waals surface area contributed by atoms with Crippen molar-refractivity contribution in [2.24, 2.45) is 0 Å². The number of esters is 1. The number of ether oxygens (including phenoxy) is 1. The minimum Gasteiger partial charge on any atom is -0.462 e. The van der Waals surface area contributed by atoms with Crippen LogP contribution < -0.4 is 5.73 Å². The summed E-state index contributed by atoms with van der Waals surface area (Å²) in [6.45, 7) is 2.14. The van der Waals surface area contributed by atoms with Gasteiger partial charge in [-0.15, -0.1) is 0 Å². The number of carbonyl (C=O) groups excluding carboxylic acids is 1. The normalized spacial score (nSPS) is 9.69. The number of benzene rings is 1. The van der Waals surface area contributed by atoms with Gasteiger partial charge in [-0.2, -0.15) is 0 Å². The quantitative estimate of drug-likeness (QED) is 0.640. The third-order valence-corrected chi connectivity index (χ3v) is 2.14. The van der Waals surface area contributed by atoms with Crippen LogP contribution in [-0.4, -0.2) is 12.6 Å². The molecule has 0 atom stereocenters. The fraction of sp³-hybridized carbons (Fsp3) is 0.222. The molecule has 0 amide bonds. The first-order valence-corrected chi connectivity index (χ1v) is 4.66. The maximum absolute atomic E-state index is 11.3. The largest absolute Gasteiger partial charge is 0.462 e. The lowest BCUT2D eigenvalue weighted by molar-refractivity contribution is 0.0525. The number of nitrogens with two attached hydrogens (primary N) is 1. The Morgan fingerprint density at radius 1 is 1.62 bits per heavy atom. The Bertz CT molecular complexity index is 325. The SMILES string of the molecule is CCOC(=O)c1ccc(N)cc1Br. The molecule has 4 heteroatoms. The number of halogens is 1. The lowest BCUT2D eigenvalue weighted by Gasteiger charge is -2.04. The molecule has 3 nitrogen and oxygen atoms in total. The van der Waals surface area contributed by atoms with Gasteiger partial charge in [0.05, 0.1) is 12.2 Å². The van der Waals surface area contributed by atoms with Gasteiger partial charge in [-0.05, 0) is 41.1 Å². The summed E-state index contributed by atoms with van der Waals surface area (Å²) in [6.07, 6.45) is 0. The van der Waals surface area contributed by atoms with Gasteiger partial charge in [0, 0.05) is 10.2 Å². The molecule has 0 radical (unpaired) electrons. The molecule has 70 valence electrons. The second kappa shape index (κ2) is 4.28. The third kappa shape index (κ3) is 2.45. The Labute approximate surface area is 85.0 Å². The lowest BCUT2D eigenvalue weighted by atomic mass is 10.2. The minimum atomic E-state index is -0.339. The highest BCUT2D eigenvalue weighted by atomic mass is 79.9. The fourth-order valence-electron chi connectivity index (χ4n) is 0.906. The zero-order valence-electron chi connectivity index (χ0n) is 7.21. The summed E-state index contributed by atoms with van der Waals surface area (Å²) >= 11 is 3.24. The van der Waals surface area contributed by atoms with Crippen molar-refractivity contribution < 1.29 is 9.53 Å². The fourth-order valence-corrected chi connectivity index (χ4v) is 1.46. The molecule has 0 unspecified atom stereocenters. The number of anilines is 1. The van der Waals surface area contributed by atoms with E-state index < -0.39 is 0 Å². The number of carbonyl (C=O) groups is 1. The summed E-state index contributed by atoms with van der Waals surface area (Å²) in [5.41, 5.74) is 6.63. The van der Waals surface area contributed by atoms with Gasteiger partial charge in [0.2, 0.25) is 0 Å². The molecular formula is C9H10BrNO2. The lowest BCUT2D eigenvalue weighted by Crippen LogP contribution is -2.05. The third-order valence-electron chi connectivity index (χ3n) is 1.49. The Morgan fingerprint density at radius 3 is 2.85 bits per heavy atom. The van der Waals surface area contributed by atoms with Crippen LogP contribution in [-0.2, 0) is 4.74 Å². The predicted molar refractivity (Wildman–Crippen MR) is 54.5 cm³/mol. The van der Waals surface area contributed by atoms with E-state index in [2.05, 4.69) is 15.9 Å². The first-order chi connectivity index (χ1) is 6.15. The standard InChI is InChI=1S/C9H10BrNO2/c1-2-13-9(12)7-4-3-6(11)5-8(7)10/h3-5H,2,11H2,1H3. The zero-order valence-corrected chi connectivity index (χ0v) is 8.80. The van der Waals surface area contributed by atoms with Crippen LogP contribution in [0.15, 0.2) is 22.7 Å². The summed E-state index contributed by atoms with van der Waals surface area (Å²) in [4.78, 5) is 11.3. The molecule has 0 aliphatic carbocycles. The number of hydrogen-bond donors (Lipinski definition) is 1. The Kier molecular flexibility index (Phi) is 3.31. The van der Waals surface area contributed by atoms with Gasteiger partial charge in [0.25, 0.3) is 0 Å². The van der Waals surface area contributed by atoms with E-state index in [0.717, 1.165) is 0 Å². The van der Waals surface area contributed by atoms with Crippen molar-refractivity contribution in [2.45, 2.75) is 6.92 Å². The second-order valence-electron chi connectivity index (χ2n) is 2.46. The molecule has 2 N–H and O–H groups in total. The topological polar surface area (TPSA) is 52.3 Å². The van der Waals surface area contributed by atoms with E-state index >= 15 is 0 Å². The summed E-state index contributed by atoms with van der Waals surface area (Å²) in [7, 11) is 0. The minimum absolute atomic E-state index is 0.339. The molecule has 0 fully saturated rings. The molecule has 0 aromatic heterocycles. The van der Waals surface area contributed by atoms with Crippen molar-refractivity contribution in [3.8, 4) is 0 Å². The summed E-state index contributed by atoms with van der Waals surface area (Å²) in [5.74, 6) is -0.339. The monoisotopic (exact) mass is 243 g/mol. The maximum atomic E-state index is 11.3. The molecule has 0 heterocycles. The van der Waals surface area contributed by atoms with E-state index in [0.29, 0.717) is 22.3 Å². The Hall–Kier alpha value is -1.03. The van der Waals surface area contributed by atoms with Gasteiger partial charge < -0.3 is 10.5 Å². The van der Waals surface area contributed by atoms with Crippen molar-refractivity contribution in [2.75, 3.05) is 12.3 Å². The van der Waals surface area contributed by atoms with Crippen LogP contribution in [0.5, 0.6) is 0 Å². The average Bonchev–Trinajstić information content (AvgIpc) is 2.04. The average molecular weight is 244 g/mol. The first-order valence-electron chi connectivity index (χ1n) is 3.87. The van der Waals surface area contributed by atoms with Crippen LogP contribution in [0.3, 0.4) is 0 Å². The number of rotatable bonds is 2. The number of hydrogen-bond acceptors (Lipinski definition) is 3. The van der Waals surface area contributed by atoms with Gasteiger partial charge in [-0.1, -0.05) is 0 Å². The molecular weight excluding hydrogens is 234 g/mol. The van der Waals surface area contributed by atoms with Crippen LogP contribution in [0.25, 0.3) is 0 Å². The van der Waals surface area contributed by atoms with Crippen LogP contribution in [0.4, 0.5) is 5.69 Å². The highest BCUT2D eigenvalue weighted by molar-refractivity contribution is 9.10. The summed E-state index contributed by atoms with van der Waals surface area (Å²) < 4.78 is 5.50. The molecule has 13 heavy (non-hydrogen) atoms. The highest BCUT2D eigenvalue weighted by Gasteiger charge is 2.10. The van der Waals surface area contributed by atoms with Crippen LogP contribution in [0, 0.1) is 0 Å². The van der Waals surface area contributed by atoms with Gasteiger partial charge >= 0.3 is 5.97 Å². The molecule has 0 aliphatic rings. The molecule has 0 saturated carbocycles. The first kappa shape index (κ1) is 10.1. The second-order valence-corrected chi connectivity index (χ2v) is 3.31. The van der Waals surface area contributed by atoms with E-state index in [4.69, 9.17) is 10.5 Å². The van der Waals surface area contributed by atoms with E-state index in [9.17, 15) is 4.79 Å².